The molecule has 0 heterocycles. The van der Waals surface area contributed by atoms with Crippen LogP contribution in [0, 0.1) is 64.8 Å². The van der Waals surface area contributed by atoms with E-state index >= 15 is 17.6 Å². The summed E-state index contributed by atoms with van der Waals surface area (Å²) < 4.78 is 61.5. The molecule has 0 amide bonds. The van der Waals surface area contributed by atoms with Crippen molar-refractivity contribution >= 4 is 86.5 Å². The predicted molar refractivity (Wildman–Crippen MR) is 586 cm³/mol. The highest BCUT2D eigenvalue weighted by molar-refractivity contribution is 5.97. The molecule has 0 saturated heterocycles. The number of nitrogens with zero attached hydrogens (tertiary/aromatic N) is 4. The van der Waals surface area contributed by atoms with Gasteiger partial charge in [-0.2, -0.15) is 0 Å². The van der Waals surface area contributed by atoms with Crippen LogP contribution in [0.4, 0.5) is 85.8 Å². The van der Waals surface area contributed by atoms with E-state index in [9.17, 15) is 0 Å². The smallest absolute Gasteiger partial charge is 0.123 e. The molecule has 20 aromatic rings. The van der Waals surface area contributed by atoms with Crippen LogP contribution >= 0.6 is 0 Å². The highest BCUT2D eigenvalue weighted by Crippen LogP contribution is 2.64. The molecule has 3 aliphatic rings. The molecule has 0 fully saturated rings. The zero-order chi connectivity index (χ0) is 97.7. The second-order valence-electron chi connectivity index (χ2n) is 38.1. The molecular weight excluding hydrogens is 1750 g/mol. The molecule has 20 aromatic carbocycles. The molecule has 2 unspecified atom stereocenters. The van der Waals surface area contributed by atoms with Crippen LogP contribution < -0.4 is 19.6 Å². The lowest BCUT2D eigenvalue weighted by Gasteiger charge is -2.37. The van der Waals surface area contributed by atoms with Crippen LogP contribution in [-0.4, -0.2) is 0 Å². The van der Waals surface area contributed by atoms with E-state index in [0.29, 0.717) is 0 Å². The quantitative estimate of drug-likeness (QED) is 0.0592. The van der Waals surface area contributed by atoms with Gasteiger partial charge in [0, 0.05) is 68.2 Å². The molecule has 0 radical (unpaired) electrons. The summed E-state index contributed by atoms with van der Waals surface area (Å²) in [6.45, 7) is 25.6. The minimum Gasteiger partial charge on any atom is -0.310 e. The zero-order valence-electron chi connectivity index (χ0n) is 80.3. The number of benzene rings is 20. The van der Waals surface area contributed by atoms with E-state index in [2.05, 4.69) is 427 Å². The molecule has 23 rings (SSSR count). The Balaban J connectivity index is 0.604. The van der Waals surface area contributed by atoms with Crippen molar-refractivity contribution in [2.24, 2.45) is 0 Å². The first-order valence-corrected chi connectivity index (χ1v) is 48.6. The Labute approximate surface area is 834 Å². The van der Waals surface area contributed by atoms with Gasteiger partial charge in [0.25, 0.3) is 0 Å². The van der Waals surface area contributed by atoms with Crippen LogP contribution in [0.15, 0.2) is 463 Å². The van der Waals surface area contributed by atoms with Gasteiger partial charge in [-0.05, 0) is 391 Å². The van der Waals surface area contributed by atoms with Gasteiger partial charge in [0.2, 0.25) is 0 Å². The maximum atomic E-state index is 15.6. The summed E-state index contributed by atoms with van der Waals surface area (Å²) in [5, 5.41) is 0. The number of anilines is 12. The summed E-state index contributed by atoms with van der Waals surface area (Å²) in [6.07, 6.45) is 5.66. The van der Waals surface area contributed by atoms with E-state index in [1.807, 2.05) is 66.8 Å². The summed E-state index contributed by atoms with van der Waals surface area (Å²) in [5.74, 6) is -1.35. The number of fused-ring (bicyclic) bond motifs is 9. The molecule has 2 atom stereocenters. The fourth-order valence-electron chi connectivity index (χ4n) is 23.0. The molecule has 0 spiro atoms. The first kappa shape index (κ1) is 89.4. The zero-order valence-corrected chi connectivity index (χ0v) is 80.3. The maximum absolute atomic E-state index is 15.6. The molecule has 0 bridgehead atoms. The third-order valence-corrected chi connectivity index (χ3v) is 29.8. The van der Waals surface area contributed by atoms with Crippen molar-refractivity contribution in [3.8, 4) is 55.6 Å². The molecule has 3 aliphatic carbocycles. The molecule has 0 aromatic heterocycles. The molecule has 0 N–H and O–H groups in total. The number of rotatable bonds is 23. The van der Waals surface area contributed by atoms with Gasteiger partial charge < -0.3 is 19.6 Å². The fourth-order valence-corrected chi connectivity index (χ4v) is 23.0. The van der Waals surface area contributed by atoms with Gasteiger partial charge in [-0.15, -0.1) is 0 Å². The summed E-state index contributed by atoms with van der Waals surface area (Å²) in [6, 6.07) is 153. The lowest BCUT2D eigenvalue weighted by molar-refractivity contribution is 0.627. The Bertz CT molecular complexity index is 7940. The lowest BCUT2D eigenvalue weighted by atomic mass is 9.66. The standard InChI is InChI=1S/C135H100F4N4/c1-10-92-27-41-99(42-28-92)133(126-79-86(4)21-24-89(126)7)124-19-15-13-17-118(124)120-75-71-114(82-129(120)133)140(110-63-47-102(136)48-64-110)106-55-33-95(34-56-106)97-37-59-108(60-38-97)142(112-67-51-104(138)52-68-112)116-73-77-122-123-78-74-117(85-132(123)135(131(122)84-116,101-45-31-94(12-3)32-46-101)128-81-88(6)23-26-91(128)9)143(113-69-53-105(139)54-70-113)109-61-39-98(40-62-109)96-35-57-107(58-36-96)141(111-65-49-103(137)50-66-111)115-72-76-121-119-18-14-16-20-125(119)134(130(121)83-115,100-43-29-93(11-2)30-44-100)127-80-87(5)22-25-90(127)8/h10-85H,1-3H2,4-9H3. The number of halogens is 4. The van der Waals surface area contributed by atoms with E-state index in [-0.39, 0.29) is 23.3 Å². The van der Waals surface area contributed by atoms with E-state index in [1.165, 1.54) is 104 Å². The van der Waals surface area contributed by atoms with Crippen LogP contribution in [0.25, 0.3) is 73.9 Å². The average Bonchev–Trinajstić information content (AvgIpc) is 1.57. The summed E-state index contributed by atoms with van der Waals surface area (Å²) in [4.78, 5) is 8.86. The largest absolute Gasteiger partial charge is 0.310 e. The molecule has 4 nitrogen and oxygen atoms in total. The minimum atomic E-state index is -0.980. The van der Waals surface area contributed by atoms with Crippen molar-refractivity contribution in [3.63, 3.8) is 0 Å². The second-order valence-corrected chi connectivity index (χ2v) is 38.1. The Hall–Kier alpha value is -17.5. The van der Waals surface area contributed by atoms with Crippen molar-refractivity contribution in [2.75, 3.05) is 19.6 Å². The lowest BCUT2D eigenvalue weighted by Crippen LogP contribution is -2.30. The average molecular weight is 1850 g/mol. The third kappa shape index (κ3) is 15.1. The Kier molecular flexibility index (Phi) is 22.6. The molecule has 8 heteroatoms. The Morgan fingerprint density at radius 3 is 0.601 bits per heavy atom. The van der Waals surface area contributed by atoms with Gasteiger partial charge in [-0.3, -0.25) is 0 Å². The van der Waals surface area contributed by atoms with Gasteiger partial charge in [0.15, 0.2) is 0 Å². The van der Waals surface area contributed by atoms with Gasteiger partial charge in [-0.25, -0.2) is 17.6 Å². The van der Waals surface area contributed by atoms with E-state index in [1.54, 1.807) is 0 Å². The van der Waals surface area contributed by atoms with E-state index < -0.39 is 16.2 Å². The number of aryl methyl sites for hydroxylation is 6. The summed E-state index contributed by atoms with van der Waals surface area (Å²) in [5.41, 5.74) is 42.1. The van der Waals surface area contributed by atoms with Crippen LogP contribution in [0.1, 0.15) is 117 Å². The Morgan fingerprint density at radius 1 is 0.182 bits per heavy atom. The Morgan fingerprint density at radius 2 is 0.378 bits per heavy atom. The van der Waals surface area contributed by atoms with Gasteiger partial charge in [0.05, 0.1) is 16.2 Å². The van der Waals surface area contributed by atoms with E-state index in [4.69, 9.17) is 0 Å². The normalized spacial score (nSPS) is 15.0. The van der Waals surface area contributed by atoms with Crippen LogP contribution in [0.3, 0.4) is 0 Å². The maximum Gasteiger partial charge on any atom is 0.123 e. The van der Waals surface area contributed by atoms with Crippen molar-refractivity contribution in [1.82, 2.24) is 0 Å². The van der Waals surface area contributed by atoms with Gasteiger partial charge >= 0.3 is 0 Å². The van der Waals surface area contributed by atoms with Crippen LogP contribution in [0.2, 0.25) is 0 Å². The second kappa shape index (κ2) is 36.1. The first-order chi connectivity index (χ1) is 69.8. The molecule has 0 saturated carbocycles. The number of hydrogen-bond donors (Lipinski definition) is 0. The van der Waals surface area contributed by atoms with Crippen molar-refractivity contribution in [2.45, 2.75) is 57.8 Å². The van der Waals surface area contributed by atoms with Gasteiger partial charge in [-0.1, -0.05) is 303 Å². The molecular formula is C135H100F4N4. The molecule has 688 valence electrons. The first-order valence-electron chi connectivity index (χ1n) is 48.6. The van der Waals surface area contributed by atoms with Crippen LogP contribution in [0.5, 0.6) is 0 Å². The minimum absolute atomic E-state index is 0.323. The van der Waals surface area contributed by atoms with Gasteiger partial charge in [0.1, 0.15) is 23.3 Å². The van der Waals surface area contributed by atoms with E-state index in [0.717, 1.165) is 185 Å². The summed E-state index contributed by atoms with van der Waals surface area (Å²) >= 11 is 0. The summed E-state index contributed by atoms with van der Waals surface area (Å²) in [7, 11) is 0. The topological polar surface area (TPSA) is 13.0 Å². The predicted octanol–water partition coefficient (Wildman–Crippen LogP) is 36.3. The molecule has 143 heavy (non-hydrogen) atoms. The van der Waals surface area contributed by atoms with Crippen molar-refractivity contribution in [1.29, 1.82) is 0 Å². The van der Waals surface area contributed by atoms with Crippen molar-refractivity contribution in [3.05, 3.63) is 603 Å². The number of hydrogen-bond acceptors (Lipinski definition) is 4. The highest BCUT2D eigenvalue weighted by Gasteiger charge is 2.51. The SMILES string of the molecule is C=Cc1ccc(C2(c3cc(C)ccc3C)c3ccccc3-c3ccc(N(c4ccc(F)cc4)c4ccc(-c5ccc(N(c6ccc(F)cc6)c6ccc7c(c6)C(c6ccc(C=C)cc6)(c6cc(C)ccc6C)c6cc(N(c8ccc(F)cc8)c8ccc(-c9ccc(N(c%10ccc(F)cc%10)c%10ccc%11c(c%10)C(c%10ccc(C=C)cc%10)(c%10cc(C)ccc%10C)c%10ccccc%10-%11)cc9)cc8)ccc6-7)cc5)cc4)cc32)cc1. The third-order valence-electron chi connectivity index (χ3n) is 29.8. The monoisotopic (exact) mass is 1850 g/mol. The highest BCUT2D eigenvalue weighted by atomic mass is 19.1. The van der Waals surface area contributed by atoms with Crippen molar-refractivity contribution < 1.29 is 17.6 Å². The molecule has 0 aliphatic heterocycles. The fraction of sp³-hybridized carbons (Fsp3) is 0.0667. The van der Waals surface area contributed by atoms with Crippen LogP contribution in [-0.2, 0) is 16.2 Å².